The van der Waals surface area contributed by atoms with Crippen LogP contribution in [0.4, 0.5) is 0 Å². The van der Waals surface area contributed by atoms with Crippen LogP contribution in [0.3, 0.4) is 0 Å². The minimum Gasteiger partial charge on any atom is -0.492 e. The van der Waals surface area contributed by atoms with E-state index in [1.807, 2.05) is 24.3 Å². The number of ether oxygens (including phenoxy) is 1. The molecule has 1 saturated heterocycles. The van der Waals surface area contributed by atoms with Gasteiger partial charge in [-0.15, -0.1) is 0 Å². The predicted molar refractivity (Wildman–Crippen MR) is 91.3 cm³/mol. The van der Waals surface area contributed by atoms with E-state index in [4.69, 9.17) is 9.84 Å². The molecule has 2 rings (SSSR count). The number of carboxylic acids is 1. The Morgan fingerprint density at radius 2 is 2.04 bits per heavy atom. The van der Waals surface area contributed by atoms with Crippen molar-refractivity contribution in [2.24, 2.45) is 0 Å². The zero-order valence-corrected chi connectivity index (χ0v) is 14.3. The molecule has 0 spiro atoms. The Kier molecular flexibility index (Phi) is 6.61. The van der Waals surface area contributed by atoms with E-state index in [1.165, 1.54) is 5.56 Å². The fraction of sp³-hybridized carbons (Fsp3) is 0.556. The lowest BCUT2D eigenvalue weighted by molar-refractivity contribution is -0.142. The van der Waals surface area contributed by atoms with Crippen LogP contribution >= 0.6 is 0 Å². The number of hydrogen-bond acceptors (Lipinski definition) is 4. The van der Waals surface area contributed by atoms with E-state index in [1.54, 1.807) is 4.90 Å². The maximum atomic E-state index is 11.9. The van der Waals surface area contributed by atoms with E-state index in [0.717, 1.165) is 12.2 Å². The molecule has 1 heterocycles. The molecule has 0 aromatic heterocycles. The van der Waals surface area contributed by atoms with Gasteiger partial charge in [-0.05, 0) is 43.0 Å². The molecule has 0 unspecified atom stereocenters. The van der Waals surface area contributed by atoms with Gasteiger partial charge in [0.05, 0.1) is 13.1 Å². The molecule has 0 saturated carbocycles. The molecule has 2 N–H and O–H groups in total. The van der Waals surface area contributed by atoms with Gasteiger partial charge in [-0.2, -0.15) is 0 Å². The summed E-state index contributed by atoms with van der Waals surface area (Å²) in [7, 11) is 0. The van der Waals surface area contributed by atoms with Crippen LogP contribution in [-0.4, -0.2) is 54.2 Å². The van der Waals surface area contributed by atoms with E-state index in [2.05, 4.69) is 19.2 Å². The molecule has 1 aromatic carbocycles. The van der Waals surface area contributed by atoms with Gasteiger partial charge in [0, 0.05) is 0 Å². The van der Waals surface area contributed by atoms with Crippen molar-refractivity contribution in [3.05, 3.63) is 29.8 Å². The number of nitrogens with zero attached hydrogens (tertiary/aromatic N) is 1. The Morgan fingerprint density at radius 3 is 2.67 bits per heavy atom. The molecule has 6 heteroatoms. The molecule has 6 nitrogen and oxygen atoms in total. The topological polar surface area (TPSA) is 78.9 Å². The number of aliphatic carboxylic acids is 1. The summed E-state index contributed by atoms with van der Waals surface area (Å²) in [6, 6.07) is 7.40. The molecule has 0 aliphatic carbocycles. The van der Waals surface area contributed by atoms with Gasteiger partial charge in [0.2, 0.25) is 5.91 Å². The van der Waals surface area contributed by atoms with E-state index in [-0.39, 0.29) is 12.5 Å². The number of rotatable bonds is 8. The summed E-state index contributed by atoms with van der Waals surface area (Å²) in [5.41, 5.74) is 1.26. The number of nitrogens with one attached hydrogen (secondary N) is 1. The van der Waals surface area contributed by atoms with Crippen LogP contribution in [0.1, 0.15) is 38.2 Å². The second-order valence-corrected chi connectivity index (χ2v) is 6.39. The maximum Gasteiger partial charge on any atom is 0.320 e. The lowest BCUT2D eigenvalue weighted by atomic mass is 10.0. The number of carboxylic acid groups (broad SMARTS) is 1. The third kappa shape index (κ3) is 5.23. The Hall–Kier alpha value is -2.08. The highest BCUT2D eigenvalue weighted by Crippen LogP contribution is 2.18. The Balaban J connectivity index is 1.66. The fourth-order valence-electron chi connectivity index (χ4n) is 2.84. The highest BCUT2D eigenvalue weighted by molar-refractivity contribution is 5.80. The van der Waals surface area contributed by atoms with Crippen LogP contribution in [0.2, 0.25) is 0 Å². The van der Waals surface area contributed by atoms with Gasteiger partial charge in [-0.3, -0.25) is 14.5 Å². The van der Waals surface area contributed by atoms with Crippen LogP contribution in [-0.2, 0) is 9.59 Å². The van der Waals surface area contributed by atoms with Crippen molar-refractivity contribution in [3.8, 4) is 5.75 Å². The molecular formula is C18H26N2O4. The van der Waals surface area contributed by atoms with E-state index < -0.39 is 12.0 Å². The quantitative estimate of drug-likeness (QED) is 0.710. The molecule has 0 bridgehead atoms. The lowest BCUT2D eigenvalue weighted by Crippen LogP contribution is -2.43. The minimum absolute atomic E-state index is 0.125. The molecule has 24 heavy (non-hydrogen) atoms. The zero-order chi connectivity index (χ0) is 17.5. The monoisotopic (exact) mass is 334 g/mol. The second kappa shape index (κ2) is 8.68. The normalized spacial score (nSPS) is 17.9. The summed E-state index contributed by atoms with van der Waals surface area (Å²) < 4.78 is 5.60. The fourth-order valence-corrected chi connectivity index (χ4v) is 2.84. The first-order chi connectivity index (χ1) is 11.5. The van der Waals surface area contributed by atoms with Crippen molar-refractivity contribution in [3.63, 3.8) is 0 Å². The average molecular weight is 334 g/mol. The van der Waals surface area contributed by atoms with Gasteiger partial charge in [-0.1, -0.05) is 26.0 Å². The third-order valence-electron chi connectivity index (χ3n) is 4.24. The smallest absolute Gasteiger partial charge is 0.320 e. The number of amides is 1. The average Bonchev–Trinajstić information content (AvgIpc) is 3.00. The van der Waals surface area contributed by atoms with E-state index >= 15 is 0 Å². The summed E-state index contributed by atoms with van der Waals surface area (Å²) in [6.07, 6.45) is 1.43. The van der Waals surface area contributed by atoms with Crippen molar-refractivity contribution < 1.29 is 19.4 Å². The summed E-state index contributed by atoms with van der Waals surface area (Å²) >= 11 is 0. The van der Waals surface area contributed by atoms with E-state index in [0.29, 0.717) is 32.0 Å². The Morgan fingerprint density at radius 1 is 1.33 bits per heavy atom. The third-order valence-corrected chi connectivity index (χ3v) is 4.24. The molecule has 1 amide bonds. The van der Waals surface area contributed by atoms with Gasteiger partial charge in [-0.25, -0.2) is 0 Å². The summed E-state index contributed by atoms with van der Waals surface area (Å²) in [4.78, 5) is 24.7. The standard InChI is InChI=1S/C18H26N2O4/c1-13(2)14-5-7-15(8-6-14)24-11-9-19-17(21)12-20-10-3-4-16(20)18(22)23/h5-8,13,16H,3-4,9-12H2,1-2H3,(H,19,21)(H,22,23)/t16-/m0/s1. The molecular weight excluding hydrogens is 308 g/mol. The number of benzene rings is 1. The van der Waals surface area contributed by atoms with Gasteiger partial charge < -0.3 is 15.2 Å². The van der Waals surface area contributed by atoms with Crippen molar-refractivity contribution in [1.29, 1.82) is 0 Å². The predicted octanol–water partition coefficient (Wildman–Crippen LogP) is 1.85. The summed E-state index contributed by atoms with van der Waals surface area (Å²) in [5.74, 6) is 0.244. The highest BCUT2D eigenvalue weighted by Gasteiger charge is 2.31. The second-order valence-electron chi connectivity index (χ2n) is 6.39. The SMILES string of the molecule is CC(C)c1ccc(OCCNC(=O)CN2CCC[C@H]2C(=O)O)cc1. The maximum absolute atomic E-state index is 11.9. The first-order valence-corrected chi connectivity index (χ1v) is 8.43. The van der Waals surface area contributed by atoms with Crippen molar-refractivity contribution in [2.45, 2.75) is 38.6 Å². The number of carbonyl (C=O) groups is 2. The molecule has 1 aliphatic rings. The van der Waals surface area contributed by atoms with Crippen LogP contribution in [0.15, 0.2) is 24.3 Å². The van der Waals surface area contributed by atoms with Crippen LogP contribution in [0.25, 0.3) is 0 Å². The number of likely N-dealkylation sites (tertiary alicyclic amines) is 1. The van der Waals surface area contributed by atoms with Gasteiger partial charge in [0.25, 0.3) is 0 Å². The van der Waals surface area contributed by atoms with Crippen LogP contribution in [0.5, 0.6) is 5.75 Å². The van der Waals surface area contributed by atoms with Gasteiger partial charge >= 0.3 is 5.97 Å². The molecule has 1 aliphatic heterocycles. The van der Waals surface area contributed by atoms with Crippen LogP contribution < -0.4 is 10.1 Å². The first-order valence-electron chi connectivity index (χ1n) is 8.43. The van der Waals surface area contributed by atoms with Crippen molar-refractivity contribution in [1.82, 2.24) is 10.2 Å². The summed E-state index contributed by atoms with van der Waals surface area (Å²) in [6.45, 7) is 5.84. The summed E-state index contributed by atoms with van der Waals surface area (Å²) in [5, 5.41) is 11.9. The number of hydrogen-bond donors (Lipinski definition) is 2. The van der Waals surface area contributed by atoms with Crippen molar-refractivity contribution in [2.75, 3.05) is 26.2 Å². The lowest BCUT2D eigenvalue weighted by Gasteiger charge is -2.20. The Labute approximate surface area is 142 Å². The minimum atomic E-state index is -0.853. The first kappa shape index (κ1) is 18.3. The number of carbonyl (C=O) groups excluding carboxylic acids is 1. The largest absolute Gasteiger partial charge is 0.492 e. The molecule has 132 valence electrons. The molecule has 1 atom stereocenters. The van der Waals surface area contributed by atoms with Gasteiger partial charge in [0.15, 0.2) is 0 Å². The molecule has 1 fully saturated rings. The zero-order valence-electron chi connectivity index (χ0n) is 14.3. The van der Waals surface area contributed by atoms with Crippen molar-refractivity contribution >= 4 is 11.9 Å². The molecule has 1 aromatic rings. The highest BCUT2D eigenvalue weighted by atomic mass is 16.5. The van der Waals surface area contributed by atoms with Crippen LogP contribution in [0, 0.1) is 0 Å². The van der Waals surface area contributed by atoms with Gasteiger partial charge in [0.1, 0.15) is 18.4 Å². The Bertz CT molecular complexity index is 557. The van der Waals surface area contributed by atoms with E-state index in [9.17, 15) is 9.59 Å². The molecule has 0 radical (unpaired) electrons.